The predicted molar refractivity (Wildman–Crippen MR) is 98.5 cm³/mol. The van der Waals surface area contributed by atoms with Crippen LogP contribution in [0.1, 0.15) is 55.0 Å². The van der Waals surface area contributed by atoms with Crippen molar-refractivity contribution in [2.24, 2.45) is 0 Å². The first-order valence-corrected chi connectivity index (χ1v) is 8.44. The molecule has 0 bridgehead atoms. The van der Waals surface area contributed by atoms with E-state index in [2.05, 4.69) is 38.2 Å². The quantitative estimate of drug-likeness (QED) is 0.846. The Bertz CT molecular complexity index is 692. The number of hydrogen-bond donors (Lipinski definition) is 1. The Hall–Kier alpha value is -2.29. The van der Waals surface area contributed by atoms with Crippen LogP contribution in [0.4, 0.5) is 0 Å². The fourth-order valence-corrected chi connectivity index (χ4v) is 2.96. The lowest BCUT2D eigenvalue weighted by Gasteiger charge is -2.21. The van der Waals surface area contributed by atoms with E-state index in [1.54, 1.807) is 7.11 Å². The lowest BCUT2D eigenvalue weighted by Crippen LogP contribution is -2.28. The molecule has 128 valence electrons. The van der Waals surface area contributed by atoms with Crippen molar-refractivity contribution in [1.82, 2.24) is 5.32 Å². The van der Waals surface area contributed by atoms with Crippen molar-refractivity contribution in [3.63, 3.8) is 0 Å². The monoisotopic (exact) mass is 325 g/mol. The van der Waals surface area contributed by atoms with Crippen LogP contribution < -0.4 is 10.1 Å². The van der Waals surface area contributed by atoms with Gasteiger partial charge in [-0.1, -0.05) is 44.2 Å². The zero-order valence-electron chi connectivity index (χ0n) is 15.2. The van der Waals surface area contributed by atoms with Gasteiger partial charge in [0.15, 0.2) is 0 Å². The van der Waals surface area contributed by atoms with E-state index >= 15 is 0 Å². The van der Waals surface area contributed by atoms with Crippen molar-refractivity contribution in [2.45, 2.75) is 46.1 Å². The van der Waals surface area contributed by atoms with E-state index in [-0.39, 0.29) is 11.9 Å². The number of carbonyl (C=O) groups excluding carboxylic acids is 1. The molecule has 0 saturated heterocycles. The maximum atomic E-state index is 12.3. The summed E-state index contributed by atoms with van der Waals surface area (Å²) in [4.78, 5) is 12.3. The van der Waals surface area contributed by atoms with Crippen molar-refractivity contribution in [3.8, 4) is 5.75 Å². The van der Waals surface area contributed by atoms with Crippen LogP contribution in [0.2, 0.25) is 0 Å². The maximum Gasteiger partial charge on any atom is 0.224 e. The highest BCUT2D eigenvalue weighted by atomic mass is 16.5. The minimum absolute atomic E-state index is 0.0371. The van der Waals surface area contributed by atoms with Crippen molar-refractivity contribution in [3.05, 3.63) is 64.7 Å². The van der Waals surface area contributed by atoms with Gasteiger partial charge >= 0.3 is 0 Å². The number of aryl methyl sites for hydroxylation is 1. The van der Waals surface area contributed by atoms with E-state index in [1.165, 1.54) is 5.56 Å². The normalized spacial score (nSPS) is 12.1. The lowest BCUT2D eigenvalue weighted by molar-refractivity contribution is -0.121. The summed E-state index contributed by atoms with van der Waals surface area (Å²) in [6, 6.07) is 14.0. The zero-order chi connectivity index (χ0) is 17.7. The molecule has 0 aliphatic rings. The number of amides is 1. The fraction of sp³-hybridized carbons (Fsp3) is 0.381. The summed E-state index contributed by atoms with van der Waals surface area (Å²) in [6.07, 6.45) is 0.400. The molecule has 3 heteroatoms. The molecule has 1 amide bonds. The minimum Gasteiger partial charge on any atom is -0.496 e. The summed E-state index contributed by atoms with van der Waals surface area (Å²) < 4.78 is 5.49. The maximum absolute atomic E-state index is 12.3. The van der Waals surface area contributed by atoms with Gasteiger partial charge in [0.1, 0.15) is 5.75 Å². The average Bonchev–Trinajstić information content (AvgIpc) is 2.54. The van der Waals surface area contributed by atoms with Crippen LogP contribution in [-0.2, 0) is 11.2 Å². The molecule has 0 radical (unpaired) electrons. The van der Waals surface area contributed by atoms with E-state index in [9.17, 15) is 4.79 Å². The molecule has 2 aromatic carbocycles. The second-order valence-corrected chi connectivity index (χ2v) is 6.56. The van der Waals surface area contributed by atoms with Crippen LogP contribution in [0.5, 0.6) is 5.75 Å². The summed E-state index contributed by atoms with van der Waals surface area (Å²) in [7, 11) is 1.70. The zero-order valence-corrected chi connectivity index (χ0v) is 15.2. The first-order valence-electron chi connectivity index (χ1n) is 8.44. The van der Waals surface area contributed by atoms with Gasteiger partial charge in [0, 0.05) is 0 Å². The second-order valence-electron chi connectivity index (χ2n) is 6.56. The number of hydrogen-bond acceptors (Lipinski definition) is 2. The van der Waals surface area contributed by atoms with Gasteiger partial charge in [0.25, 0.3) is 0 Å². The lowest BCUT2D eigenvalue weighted by atomic mass is 9.93. The van der Waals surface area contributed by atoms with Gasteiger partial charge in [0.05, 0.1) is 19.6 Å². The molecule has 0 spiro atoms. The van der Waals surface area contributed by atoms with Crippen molar-refractivity contribution in [1.29, 1.82) is 0 Å². The largest absolute Gasteiger partial charge is 0.496 e. The van der Waals surface area contributed by atoms with E-state index in [1.807, 2.05) is 37.3 Å². The predicted octanol–water partition coefficient (Wildman–Crippen LogP) is 4.55. The molecule has 1 unspecified atom stereocenters. The molecular weight excluding hydrogens is 298 g/mol. The van der Waals surface area contributed by atoms with Crippen LogP contribution in [0.25, 0.3) is 0 Å². The van der Waals surface area contributed by atoms with Gasteiger partial charge < -0.3 is 10.1 Å². The highest BCUT2D eigenvalue weighted by Crippen LogP contribution is 2.32. The van der Waals surface area contributed by atoms with Crippen LogP contribution >= 0.6 is 0 Å². The summed E-state index contributed by atoms with van der Waals surface area (Å²) in [5.74, 6) is 1.32. The molecule has 2 aromatic rings. The Labute approximate surface area is 145 Å². The number of methoxy groups -OCH3 is 1. The van der Waals surface area contributed by atoms with Gasteiger partial charge in [-0.2, -0.15) is 0 Å². The Balaban J connectivity index is 2.15. The van der Waals surface area contributed by atoms with Gasteiger partial charge in [-0.15, -0.1) is 0 Å². The Morgan fingerprint density at radius 1 is 1.08 bits per heavy atom. The van der Waals surface area contributed by atoms with Crippen LogP contribution in [-0.4, -0.2) is 13.0 Å². The fourth-order valence-electron chi connectivity index (χ4n) is 2.96. The molecule has 0 aliphatic heterocycles. The van der Waals surface area contributed by atoms with Crippen molar-refractivity contribution < 1.29 is 9.53 Å². The van der Waals surface area contributed by atoms with E-state index in [4.69, 9.17) is 4.74 Å². The van der Waals surface area contributed by atoms with E-state index < -0.39 is 0 Å². The van der Waals surface area contributed by atoms with E-state index in [0.717, 1.165) is 22.4 Å². The molecule has 3 nitrogen and oxygen atoms in total. The first kappa shape index (κ1) is 18.1. The van der Waals surface area contributed by atoms with Crippen molar-refractivity contribution >= 4 is 5.91 Å². The minimum atomic E-state index is -0.0374. The number of carbonyl (C=O) groups is 1. The topological polar surface area (TPSA) is 38.3 Å². The SMILES string of the molecule is COc1cc(C)c(C(C)NC(=O)Cc2ccccc2)cc1C(C)C. The average molecular weight is 325 g/mol. The molecule has 24 heavy (non-hydrogen) atoms. The number of ether oxygens (including phenoxy) is 1. The molecule has 2 rings (SSSR count). The molecular formula is C21H27NO2. The summed E-state index contributed by atoms with van der Waals surface area (Å²) in [5, 5.41) is 3.11. The molecule has 1 N–H and O–H groups in total. The highest BCUT2D eigenvalue weighted by molar-refractivity contribution is 5.79. The van der Waals surface area contributed by atoms with Crippen LogP contribution in [0.15, 0.2) is 42.5 Å². The molecule has 1 atom stereocenters. The Morgan fingerprint density at radius 3 is 2.33 bits per heavy atom. The first-order chi connectivity index (χ1) is 11.4. The number of benzene rings is 2. The summed E-state index contributed by atoms with van der Waals surface area (Å²) >= 11 is 0. The summed E-state index contributed by atoms with van der Waals surface area (Å²) in [6.45, 7) is 8.38. The third-order valence-corrected chi connectivity index (χ3v) is 4.29. The smallest absolute Gasteiger partial charge is 0.224 e. The van der Waals surface area contributed by atoms with Crippen LogP contribution in [0.3, 0.4) is 0 Å². The molecule has 0 heterocycles. The number of rotatable bonds is 6. The molecule has 0 saturated carbocycles. The summed E-state index contributed by atoms with van der Waals surface area (Å²) in [5.41, 5.74) is 4.46. The standard InChI is InChI=1S/C21H27NO2/c1-14(2)18-13-19(15(3)11-20(18)24-5)16(4)22-21(23)12-17-9-7-6-8-10-17/h6-11,13-14,16H,12H2,1-5H3,(H,22,23). The Kier molecular flexibility index (Phi) is 6.02. The highest BCUT2D eigenvalue weighted by Gasteiger charge is 2.16. The molecule has 0 fully saturated rings. The number of nitrogens with one attached hydrogen (secondary N) is 1. The van der Waals surface area contributed by atoms with Gasteiger partial charge in [-0.05, 0) is 54.2 Å². The Morgan fingerprint density at radius 2 is 1.75 bits per heavy atom. The second kappa shape index (κ2) is 8.00. The van der Waals surface area contributed by atoms with Crippen LogP contribution in [0, 0.1) is 6.92 Å². The van der Waals surface area contributed by atoms with E-state index in [0.29, 0.717) is 12.3 Å². The van der Waals surface area contributed by atoms with Gasteiger partial charge in [0.2, 0.25) is 5.91 Å². The van der Waals surface area contributed by atoms with Gasteiger partial charge in [-0.3, -0.25) is 4.79 Å². The third-order valence-electron chi connectivity index (χ3n) is 4.29. The molecule has 0 aromatic heterocycles. The third kappa shape index (κ3) is 4.38. The molecule has 0 aliphatic carbocycles. The van der Waals surface area contributed by atoms with Gasteiger partial charge in [-0.25, -0.2) is 0 Å². The van der Waals surface area contributed by atoms with Crippen molar-refractivity contribution in [2.75, 3.05) is 7.11 Å².